The summed E-state index contributed by atoms with van der Waals surface area (Å²) in [6.07, 6.45) is 1.20. The SMILES string of the molecule is COP(=O)(CC(=O)c1cnn(C(C)(C)C)c1-c1ccccc1)OC. The minimum Gasteiger partial charge on any atom is -0.312 e. The Morgan fingerprint density at radius 2 is 1.75 bits per heavy atom. The first-order valence-corrected chi connectivity index (χ1v) is 9.32. The topological polar surface area (TPSA) is 70.4 Å². The maximum atomic E-state index is 12.7. The third-order valence-electron chi connectivity index (χ3n) is 3.65. The molecule has 2 aromatic rings. The molecule has 2 rings (SSSR count). The highest BCUT2D eigenvalue weighted by Gasteiger charge is 2.31. The molecule has 0 fully saturated rings. The molecule has 130 valence electrons. The zero-order chi connectivity index (χ0) is 18.0. The average Bonchev–Trinajstić information content (AvgIpc) is 3.01. The predicted octanol–water partition coefficient (Wildman–Crippen LogP) is 3.97. The van der Waals surface area contributed by atoms with Gasteiger partial charge in [-0.3, -0.25) is 14.0 Å². The molecule has 0 saturated heterocycles. The zero-order valence-electron chi connectivity index (χ0n) is 14.6. The first-order valence-electron chi connectivity index (χ1n) is 7.59. The molecule has 1 heterocycles. The number of aromatic nitrogens is 2. The summed E-state index contributed by atoms with van der Waals surface area (Å²) in [7, 11) is -0.888. The Hall–Kier alpha value is -1.75. The Kier molecular flexibility index (Phi) is 5.43. The van der Waals surface area contributed by atoms with Gasteiger partial charge < -0.3 is 9.05 Å². The number of hydrogen-bond acceptors (Lipinski definition) is 5. The van der Waals surface area contributed by atoms with Gasteiger partial charge in [-0.25, -0.2) is 0 Å². The van der Waals surface area contributed by atoms with Gasteiger partial charge in [0.25, 0.3) is 0 Å². The lowest BCUT2D eigenvalue weighted by molar-refractivity contribution is 0.101. The summed E-state index contributed by atoms with van der Waals surface area (Å²) in [5.41, 5.74) is 1.67. The van der Waals surface area contributed by atoms with Gasteiger partial charge in [0.2, 0.25) is 0 Å². The van der Waals surface area contributed by atoms with Gasteiger partial charge in [-0.2, -0.15) is 5.10 Å². The van der Waals surface area contributed by atoms with Crippen molar-refractivity contribution in [3.8, 4) is 11.3 Å². The van der Waals surface area contributed by atoms with E-state index < -0.39 is 7.60 Å². The molecule has 6 nitrogen and oxygen atoms in total. The summed E-state index contributed by atoms with van der Waals surface area (Å²) in [4.78, 5) is 12.7. The van der Waals surface area contributed by atoms with Crippen molar-refractivity contribution >= 4 is 13.4 Å². The fourth-order valence-electron chi connectivity index (χ4n) is 2.40. The summed E-state index contributed by atoms with van der Waals surface area (Å²) >= 11 is 0. The van der Waals surface area contributed by atoms with Crippen LogP contribution in [0.4, 0.5) is 0 Å². The molecule has 0 aliphatic rings. The molecule has 1 aromatic carbocycles. The van der Waals surface area contributed by atoms with Crippen LogP contribution >= 0.6 is 7.60 Å². The Bertz CT molecular complexity index is 755. The molecule has 24 heavy (non-hydrogen) atoms. The van der Waals surface area contributed by atoms with Crippen molar-refractivity contribution < 1.29 is 18.4 Å². The maximum absolute atomic E-state index is 12.7. The summed E-state index contributed by atoms with van der Waals surface area (Å²) in [6.45, 7) is 6.03. The molecule has 1 aromatic heterocycles. The van der Waals surface area contributed by atoms with Crippen molar-refractivity contribution in [1.29, 1.82) is 0 Å². The minimum absolute atomic E-state index is 0.310. The van der Waals surface area contributed by atoms with Crippen molar-refractivity contribution in [1.82, 2.24) is 9.78 Å². The molecular formula is C17H23N2O4P. The van der Waals surface area contributed by atoms with Gasteiger partial charge in [0, 0.05) is 19.8 Å². The maximum Gasteiger partial charge on any atom is 0.337 e. The third kappa shape index (κ3) is 3.83. The van der Waals surface area contributed by atoms with E-state index in [0.29, 0.717) is 11.3 Å². The molecule has 0 bridgehead atoms. The second kappa shape index (κ2) is 7.01. The number of nitrogens with zero attached hydrogens (tertiary/aromatic N) is 2. The average molecular weight is 350 g/mol. The summed E-state index contributed by atoms with van der Waals surface area (Å²) in [5, 5.41) is 4.39. The molecule has 0 radical (unpaired) electrons. The van der Waals surface area contributed by atoms with Crippen LogP contribution in [0.25, 0.3) is 11.3 Å². The lowest BCUT2D eigenvalue weighted by atomic mass is 10.0. The van der Waals surface area contributed by atoms with Gasteiger partial charge >= 0.3 is 7.60 Å². The van der Waals surface area contributed by atoms with Gasteiger partial charge in [0.15, 0.2) is 5.78 Å². The van der Waals surface area contributed by atoms with E-state index in [2.05, 4.69) is 5.10 Å². The minimum atomic E-state index is -3.43. The normalized spacial score (nSPS) is 12.4. The first kappa shape index (κ1) is 18.6. The van der Waals surface area contributed by atoms with Crippen LogP contribution in [0.3, 0.4) is 0 Å². The number of carbonyl (C=O) groups is 1. The van der Waals surface area contributed by atoms with Crippen molar-refractivity contribution in [3.05, 3.63) is 42.1 Å². The zero-order valence-corrected chi connectivity index (χ0v) is 15.5. The Labute approximate surface area is 142 Å². The number of rotatable bonds is 6. The molecule has 0 N–H and O–H groups in total. The van der Waals surface area contributed by atoms with Crippen LogP contribution in [0.2, 0.25) is 0 Å². The lowest BCUT2D eigenvalue weighted by Crippen LogP contribution is -2.24. The monoisotopic (exact) mass is 350 g/mol. The van der Waals surface area contributed by atoms with E-state index >= 15 is 0 Å². The summed E-state index contributed by atoms with van der Waals surface area (Å²) < 4.78 is 23.9. The number of benzene rings is 1. The van der Waals surface area contributed by atoms with Crippen molar-refractivity contribution in [2.24, 2.45) is 0 Å². The number of carbonyl (C=O) groups excluding carboxylic acids is 1. The van der Waals surface area contributed by atoms with Crippen LogP contribution in [0.1, 0.15) is 31.1 Å². The fraction of sp³-hybridized carbons (Fsp3) is 0.412. The fourth-order valence-corrected chi connectivity index (χ4v) is 3.33. The molecular weight excluding hydrogens is 327 g/mol. The van der Waals surface area contributed by atoms with Crippen molar-refractivity contribution in [2.45, 2.75) is 26.3 Å². The molecule has 0 aliphatic carbocycles. The van der Waals surface area contributed by atoms with Crippen LogP contribution in [0.5, 0.6) is 0 Å². The standard InChI is InChI=1S/C17H23N2O4P/c1-17(2,3)19-16(13-9-7-6-8-10-13)14(11-18-19)15(20)12-24(21,22-4)23-5/h6-11H,12H2,1-5H3. The van der Waals surface area contributed by atoms with Crippen LogP contribution in [-0.2, 0) is 19.2 Å². The summed E-state index contributed by atoms with van der Waals surface area (Å²) in [6, 6.07) is 9.55. The van der Waals surface area contributed by atoms with E-state index in [1.54, 1.807) is 4.68 Å². The van der Waals surface area contributed by atoms with Crippen molar-refractivity contribution in [3.63, 3.8) is 0 Å². The van der Waals surface area contributed by atoms with E-state index in [9.17, 15) is 9.36 Å². The largest absolute Gasteiger partial charge is 0.337 e. The highest BCUT2D eigenvalue weighted by atomic mass is 31.2. The van der Waals surface area contributed by atoms with E-state index in [1.165, 1.54) is 20.4 Å². The lowest BCUT2D eigenvalue weighted by Gasteiger charge is -2.23. The number of Topliss-reactive ketones (excluding diaryl/α,β-unsaturated/α-hetero) is 1. The van der Waals surface area contributed by atoms with Gasteiger partial charge in [0.05, 0.1) is 23.0 Å². The van der Waals surface area contributed by atoms with Crippen LogP contribution < -0.4 is 0 Å². The molecule has 0 saturated carbocycles. The first-order chi connectivity index (χ1) is 11.2. The Morgan fingerprint density at radius 1 is 1.17 bits per heavy atom. The number of ketones is 1. The van der Waals surface area contributed by atoms with Crippen molar-refractivity contribution in [2.75, 3.05) is 20.4 Å². The van der Waals surface area contributed by atoms with E-state index in [-0.39, 0.29) is 17.5 Å². The Balaban J connectivity index is 2.54. The van der Waals surface area contributed by atoms with Crippen LogP contribution in [0.15, 0.2) is 36.5 Å². The van der Waals surface area contributed by atoms with Gasteiger partial charge in [-0.1, -0.05) is 30.3 Å². The smallest absolute Gasteiger partial charge is 0.312 e. The van der Waals surface area contributed by atoms with Crippen LogP contribution in [0, 0.1) is 0 Å². The van der Waals surface area contributed by atoms with E-state index in [1.807, 2.05) is 51.1 Å². The summed E-state index contributed by atoms with van der Waals surface area (Å²) in [5.74, 6) is -0.323. The van der Waals surface area contributed by atoms with Crippen LogP contribution in [-0.4, -0.2) is 35.9 Å². The molecule has 0 spiro atoms. The highest BCUT2D eigenvalue weighted by Crippen LogP contribution is 2.47. The number of hydrogen-bond donors (Lipinski definition) is 0. The van der Waals surface area contributed by atoms with E-state index in [4.69, 9.17) is 9.05 Å². The molecule has 0 unspecified atom stereocenters. The molecule has 0 atom stereocenters. The van der Waals surface area contributed by atoms with Gasteiger partial charge in [-0.05, 0) is 20.8 Å². The Morgan fingerprint density at radius 3 is 2.25 bits per heavy atom. The second-order valence-corrected chi connectivity index (χ2v) is 8.68. The molecule has 0 aliphatic heterocycles. The quantitative estimate of drug-likeness (QED) is 0.582. The van der Waals surface area contributed by atoms with Gasteiger partial charge in [-0.15, -0.1) is 0 Å². The van der Waals surface area contributed by atoms with E-state index in [0.717, 1.165) is 5.56 Å². The predicted molar refractivity (Wildman–Crippen MR) is 93.5 cm³/mol. The highest BCUT2D eigenvalue weighted by molar-refractivity contribution is 7.54. The molecule has 0 amide bonds. The second-order valence-electron chi connectivity index (χ2n) is 6.41. The van der Waals surface area contributed by atoms with Gasteiger partial charge in [0.1, 0.15) is 6.16 Å². The third-order valence-corrected chi connectivity index (χ3v) is 5.43. The molecule has 7 heteroatoms.